The van der Waals surface area contributed by atoms with E-state index >= 15 is 0 Å². The van der Waals surface area contributed by atoms with E-state index in [0.717, 1.165) is 21.4 Å². The third-order valence-electron chi connectivity index (χ3n) is 9.50. The van der Waals surface area contributed by atoms with Crippen molar-refractivity contribution in [2.75, 3.05) is 11.4 Å². The van der Waals surface area contributed by atoms with Crippen molar-refractivity contribution in [3.8, 4) is 5.75 Å². The Morgan fingerprint density at radius 3 is 2.52 bits per heavy atom. The van der Waals surface area contributed by atoms with Gasteiger partial charge in [-0.15, -0.1) is 0 Å². The Hall–Kier alpha value is -4.05. The van der Waals surface area contributed by atoms with Crippen LogP contribution in [0.25, 0.3) is 0 Å². The van der Waals surface area contributed by atoms with Crippen LogP contribution in [0.4, 0.5) is 10.1 Å². The van der Waals surface area contributed by atoms with E-state index in [1.54, 1.807) is 19.1 Å². The average Bonchev–Trinajstić information content (AvgIpc) is 3.30. The number of fused-ring (bicyclic) bond motifs is 4. The number of halogens is 2. The molecule has 6 atom stereocenters. The summed E-state index contributed by atoms with van der Waals surface area (Å²) in [6, 6.07) is 10.1. The van der Waals surface area contributed by atoms with Crippen LogP contribution in [0.5, 0.6) is 5.75 Å². The highest BCUT2D eigenvalue weighted by molar-refractivity contribution is 6.31. The Balaban J connectivity index is 1.44. The van der Waals surface area contributed by atoms with Crippen molar-refractivity contribution in [1.82, 2.24) is 4.90 Å². The van der Waals surface area contributed by atoms with Gasteiger partial charge in [-0.1, -0.05) is 35.4 Å². The number of phenolic OH excluding ortho intramolecular Hbond substituents is 1. The molecule has 2 aromatic carbocycles. The first-order valence-corrected chi connectivity index (χ1v) is 14.2. The van der Waals surface area contributed by atoms with Gasteiger partial charge >= 0.3 is 5.97 Å². The molecule has 2 saturated heterocycles. The molecule has 2 heterocycles. The first-order valence-electron chi connectivity index (χ1n) is 13.8. The molecule has 2 N–H and O–H groups in total. The number of allylic oxidation sites excluding steroid dienone is 2. The van der Waals surface area contributed by atoms with Gasteiger partial charge < -0.3 is 10.2 Å². The van der Waals surface area contributed by atoms with Crippen LogP contribution in [0, 0.1) is 34.9 Å². The zero-order valence-corrected chi connectivity index (χ0v) is 23.4. The number of nitrogens with zero attached hydrogens (tertiary/aromatic N) is 2. The van der Waals surface area contributed by atoms with Crippen LogP contribution in [0.3, 0.4) is 0 Å². The molecular formula is C31H28ClFN2O7. The minimum absolute atomic E-state index is 0.00727. The number of rotatable bonds is 6. The number of amides is 4. The lowest BCUT2D eigenvalue weighted by Gasteiger charge is -2.49. The molecule has 4 amide bonds. The summed E-state index contributed by atoms with van der Waals surface area (Å²) >= 11 is 6.01. The zero-order chi connectivity index (χ0) is 30.1. The van der Waals surface area contributed by atoms with Crippen LogP contribution in [0.1, 0.15) is 44.1 Å². The molecule has 2 aliphatic carbocycles. The number of carboxylic acids is 1. The third kappa shape index (κ3) is 4.06. The first kappa shape index (κ1) is 28.1. The summed E-state index contributed by atoms with van der Waals surface area (Å²) in [6.45, 7) is 1.70. The van der Waals surface area contributed by atoms with E-state index in [1.165, 1.54) is 24.3 Å². The second-order valence-corrected chi connectivity index (χ2v) is 12.1. The molecule has 0 spiro atoms. The Morgan fingerprint density at radius 1 is 1.07 bits per heavy atom. The van der Waals surface area contributed by atoms with Crippen LogP contribution in [0.2, 0.25) is 5.02 Å². The van der Waals surface area contributed by atoms with Crippen molar-refractivity contribution in [2.24, 2.45) is 29.1 Å². The lowest BCUT2D eigenvalue weighted by Crippen LogP contribution is -2.48. The quantitative estimate of drug-likeness (QED) is 0.377. The maximum atomic E-state index is 14.3. The number of hydrogen-bond donors (Lipinski definition) is 2. The van der Waals surface area contributed by atoms with Crippen molar-refractivity contribution in [3.05, 3.63) is 70.5 Å². The Labute approximate surface area is 245 Å². The fourth-order valence-corrected chi connectivity index (χ4v) is 7.82. The van der Waals surface area contributed by atoms with Gasteiger partial charge in [0.2, 0.25) is 23.6 Å². The van der Waals surface area contributed by atoms with Crippen molar-refractivity contribution in [3.63, 3.8) is 0 Å². The minimum atomic E-state index is -1.31. The van der Waals surface area contributed by atoms with Crippen LogP contribution in [-0.2, 0) is 24.0 Å². The summed E-state index contributed by atoms with van der Waals surface area (Å²) in [7, 11) is 0. The van der Waals surface area contributed by atoms with Gasteiger partial charge in [-0.2, -0.15) is 0 Å². The summed E-state index contributed by atoms with van der Waals surface area (Å²) in [6.07, 6.45) is 2.23. The molecule has 4 aliphatic rings. The molecule has 3 fully saturated rings. The van der Waals surface area contributed by atoms with Crippen LogP contribution >= 0.6 is 11.6 Å². The topological polar surface area (TPSA) is 132 Å². The lowest BCUT2D eigenvalue weighted by molar-refractivity contribution is -0.142. The number of benzene rings is 2. The smallest absolute Gasteiger partial charge is 0.303 e. The highest BCUT2D eigenvalue weighted by atomic mass is 35.5. The number of imide groups is 2. The number of carbonyl (C=O) groups excluding carboxylic acids is 4. The number of phenols is 1. The van der Waals surface area contributed by atoms with E-state index in [0.29, 0.717) is 5.56 Å². The molecule has 6 rings (SSSR count). The largest absolute Gasteiger partial charge is 0.508 e. The summed E-state index contributed by atoms with van der Waals surface area (Å²) in [5.74, 6) is -7.04. The fourth-order valence-electron chi connectivity index (χ4n) is 7.64. The second-order valence-electron chi connectivity index (χ2n) is 11.7. The number of aromatic hydroxyl groups is 1. The van der Waals surface area contributed by atoms with Gasteiger partial charge in [0.25, 0.3) is 0 Å². The lowest BCUT2D eigenvalue weighted by atomic mass is 9.51. The molecule has 11 heteroatoms. The molecule has 2 aliphatic heterocycles. The monoisotopic (exact) mass is 594 g/mol. The van der Waals surface area contributed by atoms with Gasteiger partial charge in [-0.25, -0.2) is 9.29 Å². The Kier molecular flexibility index (Phi) is 6.72. The van der Waals surface area contributed by atoms with E-state index in [-0.39, 0.29) is 54.6 Å². The predicted molar refractivity (Wildman–Crippen MR) is 148 cm³/mol. The van der Waals surface area contributed by atoms with Crippen LogP contribution in [0.15, 0.2) is 54.1 Å². The Morgan fingerprint density at radius 2 is 1.83 bits per heavy atom. The van der Waals surface area contributed by atoms with E-state index in [9.17, 15) is 33.5 Å². The second kappa shape index (κ2) is 10.0. The van der Waals surface area contributed by atoms with Gasteiger partial charge in [-0.3, -0.25) is 28.9 Å². The van der Waals surface area contributed by atoms with E-state index in [1.807, 2.05) is 6.08 Å². The highest BCUT2D eigenvalue weighted by Gasteiger charge is 2.67. The van der Waals surface area contributed by atoms with E-state index in [2.05, 4.69) is 0 Å². The average molecular weight is 595 g/mol. The molecular weight excluding hydrogens is 567 g/mol. The number of hydrogen-bond acceptors (Lipinski definition) is 6. The fraction of sp³-hybridized carbons (Fsp3) is 0.387. The molecule has 0 unspecified atom stereocenters. The molecule has 218 valence electrons. The summed E-state index contributed by atoms with van der Waals surface area (Å²) in [5.41, 5.74) is 0.169. The van der Waals surface area contributed by atoms with Crippen molar-refractivity contribution < 1.29 is 38.6 Å². The van der Waals surface area contributed by atoms with E-state index < -0.39 is 64.5 Å². The highest BCUT2D eigenvalue weighted by Crippen LogP contribution is 2.63. The molecule has 0 aromatic heterocycles. The molecule has 0 bridgehead atoms. The van der Waals surface area contributed by atoms with Gasteiger partial charge in [-0.05, 0) is 68.0 Å². The van der Waals surface area contributed by atoms with E-state index in [4.69, 9.17) is 16.7 Å². The molecule has 1 saturated carbocycles. The molecule has 9 nitrogen and oxygen atoms in total. The molecule has 2 aromatic rings. The number of carboxylic acid groups (broad SMARTS) is 1. The van der Waals surface area contributed by atoms with Crippen molar-refractivity contribution in [2.45, 2.75) is 38.5 Å². The van der Waals surface area contributed by atoms with Crippen LogP contribution < -0.4 is 4.90 Å². The third-order valence-corrected chi connectivity index (χ3v) is 9.79. The summed E-state index contributed by atoms with van der Waals surface area (Å²) in [4.78, 5) is 68.6. The molecule has 42 heavy (non-hydrogen) atoms. The number of anilines is 1. The summed E-state index contributed by atoms with van der Waals surface area (Å²) in [5, 5.41) is 19.2. The zero-order valence-electron chi connectivity index (χ0n) is 22.6. The maximum absolute atomic E-state index is 14.3. The number of carbonyl (C=O) groups is 5. The number of aliphatic carboxylic acids is 1. The van der Waals surface area contributed by atoms with Gasteiger partial charge in [0.1, 0.15) is 11.6 Å². The number of likely N-dealkylation sites (tertiary alicyclic amines) is 1. The standard InChI is InChI=1S/C31H28ClFN2O7/c1-31-21(28(40)35(30(31)42)16-7-10-23(33)22(32)13-16)14-20-18(26(31)15-4-2-5-17(36)12-15)8-9-19-25(20)29(41)34(27(19)39)11-3-6-24(37)38/h2,4-5,7-8,10,12-13,19-21,25-26,36H,3,6,9,11,14H2,1H3,(H,37,38)/t19-,20+,21-,25-,26-,31+/m0/s1. The van der Waals surface area contributed by atoms with Gasteiger partial charge in [0, 0.05) is 18.9 Å². The van der Waals surface area contributed by atoms with Crippen molar-refractivity contribution in [1.29, 1.82) is 0 Å². The maximum Gasteiger partial charge on any atom is 0.303 e. The Bertz CT molecular complexity index is 1590. The van der Waals surface area contributed by atoms with Gasteiger partial charge in [0.15, 0.2) is 0 Å². The van der Waals surface area contributed by atoms with Gasteiger partial charge in [0.05, 0.1) is 33.9 Å². The molecule has 0 radical (unpaired) electrons. The minimum Gasteiger partial charge on any atom is -0.508 e. The predicted octanol–water partition coefficient (Wildman–Crippen LogP) is 4.28. The summed E-state index contributed by atoms with van der Waals surface area (Å²) < 4.78 is 14.0. The SMILES string of the molecule is C[C@@]12C(=O)N(c3ccc(F)c(Cl)c3)C(=O)[C@@H]1C[C@@H]1C(=CC[C@@H]3C(=O)N(CCCC(=O)O)C(=O)[C@@H]31)[C@@H]2c1cccc(O)c1. The van der Waals surface area contributed by atoms with Crippen molar-refractivity contribution >= 4 is 46.9 Å². The van der Waals surface area contributed by atoms with Crippen LogP contribution in [-0.4, -0.2) is 51.3 Å². The normalized spacial score (nSPS) is 30.3. The first-order chi connectivity index (χ1) is 19.9.